The zero-order valence-corrected chi connectivity index (χ0v) is 19.6. The molecular formula is C23H22F3N3O4S. The molecule has 0 bridgehead atoms. The Balaban J connectivity index is 1.84. The molecule has 0 saturated carbocycles. The zero-order valence-electron chi connectivity index (χ0n) is 18.8. The van der Waals surface area contributed by atoms with Gasteiger partial charge in [0.25, 0.3) is 11.7 Å². The van der Waals surface area contributed by atoms with Gasteiger partial charge in [0.1, 0.15) is 0 Å². The predicted octanol–water partition coefficient (Wildman–Crippen LogP) is 3.97. The van der Waals surface area contributed by atoms with Crippen LogP contribution in [0.25, 0.3) is 5.69 Å². The van der Waals surface area contributed by atoms with Crippen molar-refractivity contribution < 1.29 is 31.2 Å². The third-order valence-electron chi connectivity index (χ3n) is 5.30. The van der Waals surface area contributed by atoms with Crippen molar-refractivity contribution in [1.29, 1.82) is 0 Å². The Bertz CT molecular complexity index is 1360. The average Bonchev–Trinajstić information content (AvgIpc) is 3.06. The highest BCUT2D eigenvalue weighted by Crippen LogP contribution is 2.31. The van der Waals surface area contributed by atoms with Gasteiger partial charge in [-0.05, 0) is 56.7 Å². The van der Waals surface area contributed by atoms with Gasteiger partial charge in [-0.2, -0.15) is 18.3 Å². The zero-order chi connectivity index (χ0) is 25.4. The van der Waals surface area contributed by atoms with E-state index in [4.69, 9.17) is 0 Å². The van der Waals surface area contributed by atoms with E-state index in [9.17, 15) is 31.2 Å². The number of carbonyl (C=O) groups is 2. The fraction of sp³-hybridized carbons (Fsp3) is 0.261. The Kier molecular flexibility index (Phi) is 6.70. The molecule has 11 heteroatoms. The van der Waals surface area contributed by atoms with Crippen LogP contribution in [0.15, 0.2) is 53.4 Å². The molecule has 34 heavy (non-hydrogen) atoms. The molecule has 0 fully saturated rings. The summed E-state index contributed by atoms with van der Waals surface area (Å²) in [5.41, 5.74) is 0.242. The van der Waals surface area contributed by atoms with E-state index in [1.54, 1.807) is 6.92 Å². The van der Waals surface area contributed by atoms with Crippen molar-refractivity contribution in [3.05, 3.63) is 76.6 Å². The van der Waals surface area contributed by atoms with Crippen LogP contribution in [0, 0.1) is 13.8 Å². The van der Waals surface area contributed by atoms with Crippen LogP contribution in [0.5, 0.6) is 0 Å². The highest BCUT2D eigenvalue weighted by Gasteiger charge is 2.31. The molecule has 1 heterocycles. The topological polar surface area (TPSA) is 98.1 Å². The quantitative estimate of drug-likeness (QED) is 0.414. The molecular weight excluding hydrogens is 471 g/mol. The Morgan fingerprint density at radius 1 is 1.06 bits per heavy atom. The van der Waals surface area contributed by atoms with Gasteiger partial charge >= 0.3 is 6.18 Å². The van der Waals surface area contributed by atoms with Crippen molar-refractivity contribution in [3.63, 3.8) is 0 Å². The number of aromatic nitrogens is 2. The lowest BCUT2D eigenvalue weighted by atomic mass is 10.1. The number of halogens is 3. The van der Waals surface area contributed by atoms with Crippen LogP contribution in [-0.4, -0.2) is 36.1 Å². The largest absolute Gasteiger partial charge is 0.416 e. The second-order valence-electron chi connectivity index (χ2n) is 7.87. The van der Waals surface area contributed by atoms with Crippen molar-refractivity contribution in [2.45, 2.75) is 37.9 Å². The monoisotopic (exact) mass is 493 g/mol. The maximum absolute atomic E-state index is 13.1. The summed E-state index contributed by atoms with van der Waals surface area (Å²) >= 11 is 0. The molecule has 1 atom stereocenters. The molecule has 1 aromatic heterocycles. The van der Waals surface area contributed by atoms with Crippen LogP contribution in [0.4, 0.5) is 13.2 Å². The van der Waals surface area contributed by atoms with E-state index in [1.807, 2.05) is 0 Å². The normalized spacial score (nSPS) is 12.9. The summed E-state index contributed by atoms with van der Waals surface area (Å²) in [4.78, 5) is 25.7. The number of carbonyl (C=O) groups excluding carboxylic acids is 2. The van der Waals surface area contributed by atoms with Crippen molar-refractivity contribution in [2.75, 3.05) is 6.26 Å². The first-order valence-corrected chi connectivity index (χ1v) is 12.0. The lowest BCUT2D eigenvalue weighted by molar-refractivity contribution is -0.137. The third-order valence-corrected chi connectivity index (χ3v) is 6.43. The molecule has 0 radical (unpaired) electrons. The Morgan fingerprint density at radius 2 is 1.68 bits per heavy atom. The first kappa shape index (κ1) is 25.2. The van der Waals surface area contributed by atoms with Gasteiger partial charge in [0.15, 0.2) is 9.84 Å². The van der Waals surface area contributed by atoms with Gasteiger partial charge in [-0.25, -0.2) is 13.1 Å². The van der Waals surface area contributed by atoms with Crippen molar-refractivity contribution in [1.82, 2.24) is 15.1 Å². The molecule has 1 amide bonds. The van der Waals surface area contributed by atoms with E-state index >= 15 is 0 Å². The minimum Gasteiger partial charge on any atom is -0.343 e. The predicted molar refractivity (Wildman–Crippen MR) is 118 cm³/mol. The second-order valence-corrected chi connectivity index (χ2v) is 9.89. The Labute approximate surface area is 194 Å². The summed E-state index contributed by atoms with van der Waals surface area (Å²) in [7, 11) is -3.37. The van der Waals surface area contributed by atoms with E-state index in [0.29, 0.717) is 5.56 Å². The molecule has 180 valence electrons. The fourth-order valence-corrected chi connectivity index (χ4v) is 4.13. The molecule has 0 aliphatic rings. The molecule has 0 saturated heterocycles. The first-order chi connectivity index (χ1) is 15.7. The second kappa shape index (κ2) is 9.05. The van der Waals surface area contributed by atoms with Gasteiger partial charge in [0, 0.05) is 6.26 Å². The van der Waals surface area contributed by atoms with Crippen LogP contribution in [0.3, 0.4) is 0 Å². The molecule has 0 aliphatic carbocycles. The molecule has 0 spiro atoms. The number of amides is 1. The highest BCUT2D eigenvalue weighted by atomic mass is 32.2. The lowest BCUT2D eigenvalue weighted by Gasteiger charge is -2.14. The van der Waals surface area contributed by atoms with E-state index in [1.165, 1.54) is 54.9 Å². The average molecular weight is 494 g/mol. The maximum atomic E-state index is 13.1. The van der Waals surface area contributed by atoms with Gasteiger partial charge in [-0.15, -0.1) is 0 Å². The molecule has 1 N–H and O–H groups in total. The molecule has 0 aliphatic heterocycles. The number of aryl methyl sites for hydroxylation is 1. The van der Waals surface area contributed by atoms with Crippen LogP contribution < -0.4 is 5.32 Å². The number of benzene rings is 2. The number of ketones is 1. The van der Waals surface area contributed by atoms with Gasteiger partial charge in [-0.3, -0.25) is 9.59 Å². The standard InChI is InChI=1S/C23H22F3N3O4S/c1-13(16-8-10-19(11-9-16)34(4,32)33)27-22(31)21(30)20-14(2)28-29(15(20)3)18-7-5-6-17(12-18)23(24,25)26/h5-13H,1-4H3,(H,27,31). The maximum Gasteiger partial charge on any atom is 0.416 e. The van der Waals surface area contributed by atoms with E-state index < -0.39 is 39.3 Å². The van der Waals surface area contributed by atoms with Crippen molar-refractivity contribution in [2.24, 2.45) is 0 Å². The van der Waals surface area contributed by atoms with Crippen molar-refractivity contribution >= 4 is 21.5 Å². The Morgan fingerprint density at radius 3 is 2.24 bits per heavy atom. The van der Waals surface area contributed by atoms with Crippen LogP contribution in [0.2, 0.25) is 0 Å². The minimum atomic E-state index is -4.54. The number of hydrogen-bond acceptors (Lipinski definition) is 5. The minimum absolute atomic E-state index is 0.00506. The summed E-state index contributed by atoms with van der Waals surface area (Å²) in [6.45, 7) is 4.62. The number of nitrogens with zero attached hydrogens (tertiary/aromatic N) is 2. The summed E-state index contributed by atoms with van der Waals surface area (Å²) in [6.07, 6.45) is -3.46. The molecule has 7 nitrogen and oxygen atoms in total. The van der Waals surface area contributed by atoms with Crippen LogP contribution in [0.1, 0.15) is 45.8 Å². The molecule has 3 aromatic rings. The molecule has 3 rings (SSSR count). The number of Topliss-reactive ketones (excluding diaryl/α,β-unsaturated/α-hetero) is 1. The summed E-state index contributed by atoms with van der Waals surface area (Å²) < 4.78 is 63.6. The first-order valence-electron chi connectivity index (χ1n) is 10.1. The number of rotatable bonds is 6. The SMILES string of the molecule is Cc1nn(-c2cccc(C(F)(F)F)c2)c(C)c1C(=O)C(=O)NC(C)c1ccc(S(C)(=O)=O)cc1. The number of sulfone groups is 1. The Hall–Kier alpha value is -3.47. The molecule has 2 aromatic carbocycles. The van der Waals surface area contributed by atoms with E-state index in [-0.39, 0.29) is 27.5 Å². The highest BCUT2D eigenvalue weighted by molar-refractivity contribution is 7.90. The van der Waals surface area contributed by atoms with Crippen LogP contribution >= 0.6 is 0 Å². The lowest BCUT2D eigenvalue weighted by Crippen LogP contribution is -2.33. The third kappa shape index (κ3) is 5.19. The van der Waals surface area contributed by atoms with Crippen molar-refractivity contribution in [3.8, 4) is 5.69 Å². The van der Waals surface area contributed by atoms with Gasteiger partial charge in [0.2, 0.25) is 0 Å². The number of alkyl halides is 3. The fourth-order valence-electron chi connectivity index (χ4n) is 3.50. The van der Waals surface area contributed by atoms with Gasteiger partial charge in [0.05, 0.1) is 39.1 Å². The number of hydrogen-bond donors (Lipinski definition) is 1. The smallest absolute Gasteiger partial charge is 0.343 e. The number of nitrogens with one attached hydrogen (secondary N) is 1. The van der Waals surface area contributed by atoms with Crippen LogP contribution in [-0.2, 0) is 20.8 Å². The summed E-state index contributed by atoms with van der Waals surface area (Å²) in [5.74, 6) is -1.80. The van der Waals surface area contributed by atoms with Gasteiger partial charge in [-0.1, -0.05) is 18.2 Å². The van der Waals surface area contributed by atoms with Gasteiger partial charge < -0.3 is 5.32 Å². The summed E-state index contributed by atoms with van der Waals surface area (Å²) in [6, 6.07) is 9.77. The summed E-state index contributed by atoms with van der Waals surface area (Å²) in [5, 5.41) is 6.73. The van der Waals surface area contributed by atoms with E-state index in [0.717, 1.165) is 18.4 Å². The van der Waals surface area contributed by atoms with E-state index in [2.05, 4.69) is 10.4 Å². The molecule has 1 unspecified atom stereocenters.